The average Bonchev–Trinajstić information content (AvgIpc) is 3.27. The Morgan fingerprint density at radius 3 is 2.95 bits per heavy atom. The molecular weight excluding hydrogens is 346 g/mol. The van der Waals surface area contributed by atoms with Gasteiger partial charge in [-0.15, -0.1) is 0 Å². The molecule has 0 aromatic heterocycles. The van der Waals surface area contributed by atoms with Crippen molar-refractivity contribution >= 4 is 27.7 Å². The zero-order chi connectivity index (χ0) is 15.5. The van der Waals surface area contributed by atoms with E-state index in [1.165, 1.54) is 0 Å². The van der Waals surface area contributed by atoms with Crippen molar-refractivity contribution in [3.05, 3.63) is 34.3 Å². The molecule has 6 heteroatoms. The molecule has 0 bridgehead atoms. The maximum Gasteiger partial charge on any atom is 0.240 e. The topological polar surface area (TPSA) is 61.4 Å². The van der Waals surface area contributed by atoms with E-state index in [-0.39, 0.29) is 18.2 Å². The summed E-state index contributed by atoms with van der Waals surface area (Å²) < 4.78 is 1.01. The highest BCUT2D eigenvalue weighted by Gasteiger charge is 2.31. The molecule has 1 atom stereocenters. The largest absolute Gasteiger partial charge is 0.353 e. The molecule has 3 rings (SSSR count). The predicted molar refractivity (Wildman–Crippen MR) is 87.1 cm³/mol. The van der Waals surface area contributed by atoms with Gasteiger partial charge in [-0.2, -0.15) is 0 Å². The molecule has 1 aromatic rings. The van der Waals surface area contributed by atoms with Gasteiger partial charge in [-0.25, -0.2) is 0 Å². The van der Waals surface area contributed by atoms with E-state index >= 15 is 0 Å². The number of hydrogen-bond acceptors (Lipinski definition) is 3. The van der Waals surface area contributed by atoms with Crippen LogP contribution in [0.15, 0.2) is 28.7 Å². The summed E-state index contributed by atoms with van der Waals surface area (Å²) in [5.74, 6) is -0.0187. The van der Waals surface area contributed by atoms with Gasteiger partial charge in [-0.05, 0) is 30.5 Å². The smallest absolute Gasteiger partial charge is 0.240 e. The van der Waals surface area contributed by atoms with Crippen molar-refractivity contribution in [2.45, 2.75) is 37.9 Å². The summed E-state index contributed by atoms with van der Waals surface area (Å²) >= 11 is 3.45. The molecule has 2 amide bonds. The van der Waals surface area contributed by atoms with Crippen LogP contribution in [0.4, 0.5) is 0 Å². The molecule has 1 saturated heterocycles. The predicted octanol–water partition coefficient (Wildman–Crippen LogP) is 1.42. The Kier molecular flexibility index (Phi) is 4.78. The molecule has 2 aliphatic rings. The van der Waals surface area contributed by atoms with Crippen LogP contribution in [0, 0.1) is 0 Å². The van der Waals surface area contributed by atoms with Gasteiger partial charge in [0.1, 0.15) is 0 Å². The first-order chi connectivity index (χ1) is 10.6. The minimum absolute atomic E-state index is 0.0113. The second kappa shape index (κ2) is 6.79. The van der Waals surface area contributed by atoms with Crippen LogP contribution in [-0.4, -0.2) is 41.9 Å². The maximum atomic E-state index is 12.5. The van der Waals surface area contributed by atoms with Gasteiger partial charge in [0.05, 0.1) is 12.5 Å². The monoisotopic (exact) mass is 365 g/mol. The lowest BCUT2D eigenvalue weighted by Gasteiger charge is -2.33. The quantitative estimate of drug-likeness (QED) is 0.829. The molecule has 1 aromatic carbocycles. The van der Waals surface area contributed by atoms with Crippen LogP contribution >= 0.6 is 15.9 Å². The molecule has 1 aliphatic heterocycles. The van der Waals surface area contributed by atoms with E-state index in [9.17, 15) is 9.59 Å². The molecule has 1 heterocycles. The third kappa shape index (κ3) is 4.08. The molecule has 1 aliphatic carbocycles. The summed E-state index contributed by atoms with van der Waals surface area (Å²) in [7, 11) is 0. The van der Waals surface area contributed by atoms with Gasteiger partial charge in [-0.1, -0.05) is 28.1 Å². The lowest BCUT2D eigenvalue weighted by Crippen LogP contribution is -2.55. The number of carbonyl (C=O) groups excluding carboxylic acids is 2. The summed E-state index contributed by atoms with van der Waals surface area (Å²) in [6.07, 6.45) is 2.35. The standard InChI is InChI=1S/C16H20BrN3O2/c17-12-3-1-2-11(8-12)10-20-7-6-18-14(16(20)22)9-15(21)19-13-4-5-13/h1-3,8,13-14,18H,4-7,9-10H2,(H,19,21). The molecule has 1 saturated carbocycles. The number of hydrogen-bond donors (Lipinski definition) is 2. The van der Waals surface area contributed by atoms with Crippen molar-refractivity contribution in [1.82, 2.24) is 15.5 Å². The fourth-order valence-electron chi connectivity index (χ4n) is 2.66. The second-order valence-corrected chi connectivity index (χ2v) is 6.86. The number of carbonyl (C=O) groups is 2. The first kappa shape index (κ1) is 15.5. The van der Waals surface area contributed by atoms with E-state index in [4.69, 9.17) is 0 Å². The van der Waals surface area contributed by atoms with Gasteiger partial charge in [0.25, 0.3) is 0 Å². The summed E-state index contributed by atoms with van der Waals surface area (Å²) in [4.78, 5) is 26.2. The molecule has 2 fully saturated rings. The number of piperazine rings is 1. The molecule has 5 nitrogen and oxygen atoms in total. The van der Waals surface area contributed by atoms with Crippen molar-refractivity contribution in [1.29, 1.82) is 0 Å². The van der Waals surface area contributed by atoms with E-state index in [1.54, 1.807) is 0 Å². The molecule has 22 heavy (non-hydrogen) atoms. The lowest BCUT2D eigenvalue weighted by atomic mass is 10.1. The highest BCUT2D eigenvalue weighted by molar-refractivity contribution is 9.10. The summed E-state index contributed by atoms with van der Waals surface area (Å²) in [6.45, 7) is 1.98. The highest BCUT2D eigenvalue weighted by Crippen LogP contribution is 2.19. The number of rotatable bonds is 5. The number of nitrogens with zero attached hydrogens (tertiary/aromatic N) is 1. The zero-order valence-corrected chi connectivity index (χ0v) is 13.9. The lowest BCUT2D eigenvalue weighted by molar-refractivity contribution is -0.138. The SMILES string of the molecule is O=C(CC1NCCN(Cc2cccc(Br)c2)C1=O)NC1CC1. The van der Waals surface area contributed by atoms with Gasteiger partial charge in [0.15, 0.2) is 0 Å². The zero-order valence-electron chi connectivity index (χ0n) is 12.3. The van der Waals surface area contributed by atoms with Crippen LogP contribution in [0.1, 0.15) is 24.8 Å². The van der Waals surface area contributed by atoms with E-state index in [0.29, 0.717) is 19.1 Å². The fraction of sp³-hybridized carbons (Fsp3) is 0.500. The Morgan fingerprint density at radius 2 is 2.23 bits per heavy atom. The third-order valence-electron chi connectivity index (χ3n) is 3.98. The molecular formula is C16H20BrN3O2. The molecule has 0 radical (unpaired) electrons. The molecule has 0 spiro atoms. The Labute approximate surface area is 138 Å². The van der Waals surface area contributed by atoms with Crippen molar-refractivity contribution < 1.29 is 9.59 Å². The van der Waals surface area contributed by atoms with Crippen molar-refractivity contribution in [2.75, 3.05) is 13.1 Å². The van der Waals surface area contributed by atoms with Gasteiger partial charge in [0, 0.05) is 30.1 Å². The highest BCUT2D eigenvalue weighted by atomic mass is 79.9. The van der Waals surface area contributed by atoms with Crippen LogP contribution in [0.25, 0.3) is 0 Å². The molecule has 2 N–H and O–H groups in total. The summed E-state index contributed by atoms with van der Waals surface area (Å²) in [5, 5.41) is 6.10. The first-order valence-corrected chi connectivity index (χ1v) is 8.47. The average molecular weight is 366 g/mol. The van der Waals surface area contributed by atoms with Crippen molar-refractivity contribution in [2.24, 2.45) is 0 Å². The van der Waals surface area contributed by atoms with Crippen LogP contribution in [0.2, 0.25) is 0 Å². The molecule has 118 valence electrons. The number of halogens is 1. The van der Waals surface area contributed by atoms with Crippen molar-refractivity contribution in [3.8, 4) is 0 Å². The van der Waals surface area contributed by atoms with E-state index < -0.39 is 6.04 Å². The molecule has 1 unspecified atom stereocenters. The maximum absolute atomic E-state index is 12.5. The first-order valence-electron chi connectivity index (χ1n) is 7.68. The summed E-state index contributed by atoms with van der Waals surface area (Å²) in [6, 6.07) is 7.89. The third-order valence-corrected chi connectivity index (χ3v) is 4.47. The van der Waals surface area contributed by atoms with Crippen LogP contribution in [-0.2, 0) is 16.1 Å². The Balaban J connectivity index is 1.58. The number of nitrogens with one attached hydrogen (secondary N) is 2. The number of benzene rings is 1. The van der Waals surface area contributed by atoms with Crippen LogP contribution in [0.5, 0.6) is 0 Å². The summed E-state index contributed by atoms with van der Waals surface area (Å²) in [5.41, 5.74) is 1.09. The van der Waals surface area contributed by atoms with Gasteiger partial charge in [0.2, 0.25) is 11.8 Å². The van der Waals surface area contributed by atoms with Gasteiger partial charge in [-0.3, -0.25) is 9.59 Å². The minimum Gasteiger partial charge on any atom is -0.353 e. The van der Waals surface area contributed by atoms with Crippen LogP contribution in [0.3, 0.4) is 0 Å². The Bertz CT molecular complexity index is 574. The number of amides is 2. The van der Waals surface area contributed by atoms with E-state index in [1.807, 2.05) is 29.2 Å². The minimum atomic E-state index is -0.403. The van der Waals surface area contributed by atoms with E-state index in [0.717, 1.165) is 29.4 Å². The normalized spacial score (nSPS) is 21.8. The van der Waals surface area contributed by atoms with Crippen molar-refractivity contribution in [3.63, 3.8) is 0 Å². The van der Waals surface area contributed by atoms with Crippen LogP contribution < -0.4 is 10.6 Å². The Morgan fingerprint density at radius 1 is 1.41 bits per heavy atom. The van der Waals surface area contributed by atoms with Gasteiger partial charge < -0.3 is 15.5 Å². The van der Waals surface area contributed by atoms with E-state index in [2.05, 4.69) is 26.6 Å². The van der Waals surface area contributed by atoms with Gasteiger partial charge >= 0.3 is 0 Å². The Hall–Kier alpha value is -1.40. The fourth-order valence-corrected chi connectivity index (χ4v) is 3.11. The second-order valence-electron chi connectivity index (χ2n) is 5.94.